The van der Waals surface area contributed by atoms with Gasteiger partial charge in [0.05, 0.1) is 33.5 Å². The minimum atomic E-state index is -0.527. The summed E-state index contributed by atoms with van der Waals surface area (Å²) in [6.45, 7) is 6.65. The third-order valence-electron chi connectivity index (χ3n) is 5.31. The van der Waals surface area contributed by atoms with Crippen molar-refractivity contribution >= 4 is 0 Å². The number of aliphatic hydroxyl groups excluding tert-OH is 1. The van der Waals surface area contributed by atoms with Gasteiger partial charge in [0.1, 0.15) is 0 Å². The molecule has 6 nitrogen and oxygen atoms in total. The fourth-order valence-corrected chi connectivity index (χ4v) is 3.60. The van der Waals surface area contributed by atoms with Crippen LogP contribution in [0.5, 0.6) is 11.5 Å². The van der Waals surface area contributed by atoms with Gasteiger partial charge in [0.15, 0.2) is 11.5 Å². The molecule has 6 heteroatoms. The van der Waals surface area contributed by atoms with E-state index in [1.807, 2.05) is 42.5 Å². The molecular formula is C23H32N2O4. The van der Waals surface area contributed by atoms with Crippen LogP contribution >= 0.6 is 0 Å². The predicted molar refractivity (Wildman–Crippen MR) is 113 cm³/mol. The summed E-state index contributed by atoms with van der Waals surface area (Å²) in [6.07, 6.45) is -0.527. The lowest BCUT2D eigenvalue weighted by atomic mass is 10.1. The van der Waals surface area contributed by atoms with Crippen LogP contribution in [0.3, 0.4) is 0 Å². The Morgan fingerprint density at radius 3 is 2.45 bits per heavy atom. The highest BCUT2D eigenvalue weighted by atomic mass is 16.5. The Morgan fingerprint density at radius 1 is 1.03 bits per heavy atom. The summed E-state index contributed by atoms with van der Waals surface area (Å²) in [4.78, 5) is 4.72. The van der Waals surface area contributed by atoms with Crippen molar-refractivity contribution in [1.82, 2.24) is 9.80 Å². The first kappa shape index (κ1) is 21.6. The molecule has 0 aromatic heterocycles. The van der Waals surface area contributed by atoms with E-state index in [-0.39, 0.29) is 0 Å². The van der Waals surface area contributed by atoms with E-state index in [1.165, 1.54) is 0 Å². The van der Waals surface area contributed by atoms with Gasteiger partial charge in [0.2, 0.25) is 0 Å². The number of hydrogen-bond acceptors (Lipinski definition) is 6. The zero-order valence-electron chi connectivity index (χ0n) is 17.4. The molecule has 158 valence electrons. The van der Waals surface area contributed by atoms with E-state index in [2.05, 4.69) is 15.9 Å². The lowest BCUT2D eigenvalue weighted by Gasteiger charge is -2.31. The van der Waals surface area contributed by atoms with E-state index in [0.717, 1.165) is 68.6 Å². The van der Waals surface area contributed by atoms with Crippen LogP contribution < -0.4 is 9.47 Å². The van der Waals surface area contributed by atoms with Crippen LogP contribution in [0.1, 0.15) is 17.2 Å². The molecule has 1 N–H and O–H groups in total. The Labute approximate surface area is 173 Å². The van der Waals surface area contributed by atoms with Gasteiger partial charge < -0.3 is 19.3 Å². The molecule has 1 atom stereocenters. The topological polar surface area (TPSA) is 54.4 Å². The van der Waals surface area contributed by atoms with Gasteiger partial charge >= 0.3 is 0 Å². The molecule has 0 aliphatic carbocycles. The van der Waals surface area contributed by atoms with E-state index < -0.39 is 6.10 Å². The Morgan fingerprint density at radius 2 is 1.76 bits per heavy atom. The summed E-state index contributed by atoms with van der Waals surface area (Å²) in [5, 5.41) is 10.8. The molecule has 1 fully saturated rings. The van der Waals surface area contributed by atoms with Gasteiger partial charge in [-0.05, 0) is 23.3 Å². The Bertz CT molecular complexity index is 735. The normalized spacial score (nSPS) is 16.0. The van der Waals surface area contributed by atoms with Crippen LogP contribution in [0, 0.1) is 0 Å². The Hall–Kier alpha value is -2.12. The Balaban J connectivity index is 1.69. The number of methoxy groups -OCH3 is 2. The number of aliphatic hydroxyl groups is 1. The summed E-state index contributed by atoms with van der Waals surface area (Å²) >= 11 is 0. The van der Waals surface area contributed by atoms with Gasteiger partial charge in [0, 0.05) is 39.3 Å². The average Bonchev–Trinajstić information content (AvgIpc) is 2.78. The number of hydrogen-bond donors (Lipinski definition) is 1. The molecule has 29 heavy (non-hydrogen) atoms. The van der Waals surface area contributed by atoms with Crippen molar-refractivity contribution in [3.8, 4) is 11.5 Å². The highest BCUT2D eigenvalue weighted by Gasteiger charge is 2.17. The van der Waals surface area contributed by atoms with Gasteiger partial charge in [-0.3, -0.25) is 9.80 Å². The fraction of sp³-hybridized carbons (Fsp3) is 0.478. The lowest BCUT2D eigenvalue weighted by Crippen LogP contribution is -2.42. The molecule has 1 aliphatic heterocycles. The van der Waals surface area contributed by atoms with Crippen LogP contribution in [-0.4, -0.2) is 75.1 Å². The van der Waals surface area contributed by atoms with Crippen molar-refractivity contribution in [3.63, 3.8) is 0 Å². The van der Waals surface area contributed by atoms with Crippen LogP contribution in [0.2, 0.25) is 0 Å². The van der Waals surface area contributed by atoms with E-state index in [9.17, 15) is 5.11 Å². The zero-order chi connectivity index (χ0) is 20.5. The van der Waals surface area contributed by atoms with Crippen molar-refractivity contribution in [1.29, 1.82) is 0 Å². The van der Waals surface area contributed by atoms with Crippen molar-refractivity contribution in [2.24, 2.45) is 0 Å². The van der Waals surface area contributed by atoms with Crippen molar-refractivity contribution in [2.45, 2.75) is 12.6 Å². The van der Waals surface area contributed by atoms with E-state index >= 15 is 0 Å². The first-order valence-corrected chi connectivity index (χ1v) is 10.2. The van der Waals surface area contributed by atoms with Crippen molar-refractivity contribution in [3.05, 3.63) is 59.7 Å². The maximum Gasteiger partial charge on any atom is 0.161 e. The maximum atomic E-state index is 10.8. The van der Waals surface area contributed by atoms with E-state index in [4.69, 9.17) is 14.2 Å². The minimum Gasteiger partial charge on any atom is -0.493 e. The van der Waals surface area contributed by atoms with Gasteiger partial charge in [0.25, 0.3) is 0 Å². The fourth-order valence-electron chi connectivity index (χ4n) is 3.60. The van der Waals surface area contributed by atoms with Gasteiger partial charge in [-0.25, -0.2) is 0 Å². The summed E-state index contributed by atoms with van der Waals surface area (Å²) in [5.74, 6) is 1.45. The van der Waals surface area contributed by atoms with Crippen LogP contribution in [0.25, 0.3) is 0 Å². The molecule has 0 saturated carbocycles. The number of morpholine rings is 1. The molecule has 2 aromatic carbocycles. The van der Waals surface area contributed by atoms with Crippen LogP contribution in [-0.2, 0) is 11.3 Å². The first-order valence-electron chi connectivity index (χ1n) is 10.2. The molecular weight excluding hydrogens is 368 g/mol. The van der Waals surface area contributed by atoms with Gasteiger partial charge in [-0.2, -0.15) is 0 Å². The molecule has 1 aliphatic rings. The minimum absolute atomic E-state index is 0.527. The third-order valence-corrected chi connectivity index (χ3v) is 5.31. The predicted octanol–water partition coefficient (Wildman–Crippen LogP) is 2.57. The van der Waals surface area contributed by atoms with E-state index in [1.54, 1.807) is 14.2 Å². The van der Waals surface area contributed by atoms with Crippen LogP contribution in [0.4, 0.5) is 0 Å². The molecule has 3 rings (SSSR count). The quantitative estimate of drug-likeness (QED) is 0.662. The molecule has 0 spiro atoms. The SMILES string of the molecule is COc1ccc(CN(CCN2CCOCC2)CC(O)c2ccccc2)cc1OC. The first-order chi connectivity index (χ1) is 14.2. The van der Waals surface area contributed by atoms with Gasteiger partial charge in [-0.15, -0.1) is 0 Å². The molecule has 0 bridgehead atoms. The standard InChI is InChI=1S/C23H32N2O4/c1-27-22-9-8-19(16-23(22)28-2)17-25(11-10-24-12-14-29-15-13-24)18-21(26)20-6-4-3-5-7-20/h3-9,16,21,26H,10-15,17-18H2,1-2H3. The largest absolute Gasteiger partial charge is 0.493 e. The number of nitrogens with zero attached hydrogens (tertiary/aromatic N) is 2. The number of benzene rings is 2. The summed E-state index contributed by atoms with van der Waals surface area (Å²) in [6, 6.07) is 15.8. The lowest BCUT2D eigenvalue weighted by molar-refractivity contribution is 0.0291. The average molecular weight is 401 g/mol. The van der Waals surface area contributed by atoms with Crippen LogP contribution in [0.15, 0.2) is 48.5 Å². The highest BCUT2D eigenvalue weighted by Crippen LogP contribution is 2.28. The Kier molecular flexibility index (Phi) is 8.31. The molecule has 1 saturated heterocycles. The second-order valence-corrected chi connectivity index (χ2v) is 7.30. The van der Waals surface area contributed by atoms with E-state index in [0.29, 0.717) is 6.54 Å². The monoisotopic (exact) mass is 400 g/mol. The summed E-state index contributed by atoms with van der Waals surface area (Å²) in [5.41, 5.74) is 2.07. The highest BCUT2D eigenvalue weighted by molar-refractivity contribution is 5.42. The van der Waals surface area contributed by atoms with Gasteiger partial charge in [-0.1, -0.05) is 36.4 Å². The number of rotatable bonds is 10. The van der Waals surface area contributed by atoms with Crippen molar-refractivity contribution in [2.75, 3.05) is 60.2 Å². The smallest absolute Gasteiger partial charge is 0.161 e. The molecule has 0 amide bonds. The second-order valence-electron chi connectivity index (χ2n) is 7.30. The molecule has 0 radical (unpaired) electrons. The molecule has 1 unspecified atom stereocenters. The molecule has 2 aromatic rings. The maximum absolute atomic E-state index is 10.8. The third kappa shape index (κ3) is 6.44. The summed E-state index contributed by atoms with van der Waals surface area (Å²) in [7, 11) is 3.29. The zero-order valence-corrected chi connectivity index (χ0v) is 17.4. The number of ether oxygens (including phenoxy) is 3. The molecule has 1 heterocycles. The summed E-state index contributed by atoms with van der Waals surface area (Å²) < 4.78 is 16.2. The second kappa shape index (κ2) is 11.2. The van der Waals surface area contributed by atoms with Crippen molar-refractivity contribution < 1.29 is 19.3 Å².